The van der Waals surface area contributed by atoms with Crippen molar-refractivity contribution in [2.24, 2.45) is 10.9 Å². The molecule has 2 N–H and O–H groups in total. The summed E-state index contributed by atoms with van der Waals surface area (Å²) in [5, 5.41) is 15.0. The number of guanidine groups is 1. The summed E-state index contributed by atoms with van der Waals surface area (Å²) in [6, 6.07) is 0.338. The third-order valence-corrected chi connectivity index (χ3v) is 7.40. The SMILES string of the molecule is CCc1nncn1CCN=C(NC1CCS(=O)(=O)C1)NC1CCCCC1C. The monoisotopic (exact) mass is 396 g/mol. The summed E-state index contributed by atoms with van der Waals surface area (Å²) < 4.78 is 25.6. The predicted molar refractivity (Wildman–Crippen MR) is 106 cm³/mol. The molecule has 1 aliphatic heterocycles. The molecular weight excluding hydrogens is 364 g/mol. The Morgan fingerprint density at radius 3 is 2.81 bits per heavy atom. The quantitative estimate of drug-likeness (QED) is 0.552. The molecule has 3 unspecified atom stereocenters. The molecule has 0 bridgehead atoms. The van der Waals surface area contributed by atoms with Crippen molar-refractivity contribution in [3.63, 3.8) is 0 Å². The van der Waals surface area contributed by atoms with E-state index in [4.69, 9.17) is 4.99 Å². The van der Waals surface area contributed by atoms with Gasteiger partial charge in [-0.05, 0) is 25.2 Å². The number of aliphatic imine (C=N–C) groups is 1. The third-order valence-electron chi connectivity index (χ3n) is 5.63. The second kappa shape index (κ2) is 9.03. The molecule has 152 valence electrons. The number of nitrogens with zero attached hydrogens (tertiary/aromatic N) is 4. The van der Waals surface area contributed by atoms with Gasteiger partial charge in [-0.2, -0.15) is 0 Å². The summed E-state index contributed by atoms with van der Waals surface area (Å²) in [7, 11) is -2.92. The minimum Gasteiger partial charge on any atom is -0.353 e. The smallest absolute Gasteiger partial charge is 0.191 e. The maximum atomic E-state index is 11.8. The minimum absolute atomic E-state index is 0.0544. The van der Waals surface area contributed by atoms with E-state index >= 15 is 0 Å². The number of hydrogen-bond donors (Lipinski definition) is 2. The molecule has 0 radical (unpaired) electrons. The van der Waals surface area contributed by atoms with Gasteiger partial charge in [0.15, 0.2) is 15.8 Å². The molecule has 8 nitrogen and oxygen atoms in total. The molecule has 0 aromatic carbocycles. The number of nitrogens with one attached hydrogen (secondary N) is 2. The van der Waals surface area contributed by atoms with Crippen LogP contribution >= 0.6 is 0 Å². The highest BCUT2D eigenvalue weighted by Gasteiger charge is 2.29. The molecule has 3 rings (SSSR count). The number of hydrogen-bond acceptors (Lipinski definition) is 5. The van der Waals surface area contributed by atoms with Crippen molar-refractivity contribution in [1.29, 1.82) is 0 Å². The largest absolute Gasteiger partial charge is 0.353 e. The van der Waals surface area contributed by atoms with Crippen molar-refractivity contribution >= 4 is 15.8 Å². The summed E-state index contributed by atoms with van der Waals surface area (Å²) in [6.07, 6.45) is 8.10. The molecular formula is C18H32N6O2S. The van der Waals surface area contributed by atoms with Crippen LogP contribution in [0.2, 0.25) is 0 Å². The number of aromatic nitrogens is 3. The van der Waals surface area contributed by atoms with Crippen LogP contribution in [0.5, 0.6) is 0 Å². The van der Waals surface area contributed by atoms with Gasteiger partial charge in [-0.3, -0.25) is 4.99 Å². The van der Waals surface area contributed by atoms with Gasteiger partial charge in [0.2, 0.25) is 0 Å². The van der Waals surface area contributed by atoms with E-state index in [2.05, 4.69) is 34.7 Å². The lowest BCUT2D eigenvalue weighted by Gasteiger charge is -2.31. The number of sulfone groups is 1. The Hall–Kier alpha value is -1.64. The molecule has 2 aliphatic rings. The van der Waals surface area contributed by atoms with Crippen LogP contribution in [0.1, 0.15) is 51.8 Å². The molecule has 1 aromatic heterocycles. The van der Waals surface area contributed by atoms with Crippen molar-refractivity contribution in [2.45, 2.75) is 71.0 Å². The lowest BCUT2D eigenvalue weighted by atomic mass is 9.86. The Bertz CT molecular complexity index is 745. The fourth-order valence-electron chi connectivity index (χ4n) is 3.95. The van der Waals surface area contributed by atoms with Crippen molar-refractivity contribution in [1.82, 2.24) is 25.4 Å². The highest BCUT2D eigenvalue weighted by atomic mass is 32.2. The number of rotatable bonds is 6. The Balaban J connectivity index is 1.64. The van der Waals surface area contributed by atoms with Gasteiger partial charge in [0.05, 0.1) is 18.1 Å². The first kappa shape index (κ1) is 20.1. The minimum atomic E-state index is -2.92. The van der Waals surface area contributed by atoms with E-state index in [1.165, 1.54) is 19.3 Å². The standard InChI is InChI=1S/C18H32N6O2S/c1-3-17-23-20-13-24(17)10-9-19-18(21-15-8-11-27(25,26)12-15)22-16-7-5-4-6-14(16)2/h13-16H,3-12H2,1-2H3,(H2,19,21,22). The normalized spacial score (nSPS) is 28.2. The van der Waals surface area contributed by atoms with E-state index in [9.17, 15) is 8.42 Å². The topological polar surface area (TPSA) is 101 Å². The summed E-state index contributed by atoms with van der Waals surface area (Å²) in [4.78, 5) is 4.74. The van der Waals surface area contributed by atoms with Crippen molar-refractivity contribution < 1.29 is 8.42 Å². The maximum Gasteiger partial charge on any atom is 0.191 e. The zero-order valence-electron chi connectivity index (χ0n) is 16.4. The first-order chi connectivity index (χ1) is 13.0. The van der Waals surface area contributed by atoms with E-state index in [-0.39, 0.29) is 17.5 Å². The van der Waals surface area contributed by atoms with Crippen molar-refractivity contribution in [3.05, 3.63) is 12.2 Å². The first-order valence-electron chi connectivity index (χ1n) is 10.1. The Labute approximate surface area is 162 Å². The van der Waals surface area contributed by atoms with Crippen LogP contribution in [0.15, 0.2) is 11.3 Å². The molecule has 0 spiro atoms. The van der Waals surface area contributed by atoms with Gasteiger partial charge in [-0.15, -0.1) is 10.2 Å². The Kier molecular flexibility index (Phi) is 6.73. The van der Waals surface area contributed by atoms with Gasteiger partial charge < -0.3 is 15.2 Å². The van der Waals surface area contributed by atoms with Gasteiger partial charge in [0.1, 0.15) is 12.2 Å². The van der Waals surface area contributed by atoms with Gasteiger partial charge in [-0.25, -0.2) is 8.42 Å². The van der Waals surface area contributed by atoms with Gasteiger partial charge in [-0.1, -0.05) is 26.7 Å². The van der Waals surface area contributed by atoms with E-state index in [1.807, 2.05) is 4.57 Å². The molecule has 1 saturated heterocycles. The Morgan fingerprint density at radius 2 is 2.11 bits per heavy atom. The second-order valence-corrected chi connectivity index (χ2v) is 10.0. The van der Waals surface area contributed by atoms with E-state index in [0.717, 1.165) is 24.6 Å². The third kappa shape index (κ3) is 5.67. The van der Waals surface area contributed by atoms with E-state index in [1.54, 1.807) is 6.33 Å². The molecule has 9 heteroatoms. The first-order valence-corrected chi connectivity index (χ1v) is 11.9. The lowest BCUT2D eigenvalue weighted by molar-refractivity contribution is 0.306. The van der Waals surface area contributed by atoms with Gasteiger partial charge in [0, 0.05) is 25.0 Å². The van der Waals surface area contributed by atoms with E-state index < -0.39 is 9.84 Å². The van der Waals surface area contributed by atoms with Gasteiger partial charge >= 0.3 is 0 Å². The Morgan fingerprint density at radius 1 is 1.30 bits per heavy atom. The van der Waals surface area contributed by atoms with Gasteiger partial charge in [0.25, 0.3) is 0 Å². The highest BCUT2D eigenvalue weighted by molar-refractivity contribution is 7.91. The summed E-state index contributed by atoms with van der Waals surface area (Å²) in [5.41, 5.74) is 0. The molecule has 2 heterocycles. The van der Waals surface area contributed by atoms with Crippen LogP contribution in [0.3, 0.4) is 0 Å². The lowest BCUT2D eigenvalue weighted by Crippen LogP contribution is -2.50. The molecule has 1 saturated carbocycles. The molecule has 3 atom stereocenters. The fourth-order valence-corrected chi connectivity index (χ4v) is 5.62. The van der Waals surface area contributed by atoms with Crippen LogP contribution in [0.4, 0.5) is 0 Å². The maximum absolute atomic E-state index is 11.8. The molecule has 27 heavy (non-hydrogen) atoms. The summed E-state index contributed by atoms with van der Waals surface area (Å²) in [6.45, 7) is 5.65. The average molecular weight is 397 g/mol. The molecule has 0 amide bonds. The van der Waals surface area contributed by atoms with Crippen molar-refractivity contribution in [2.75, 3.05) is 18.1 Å². The number of aryl methyl sites for hydroxylation is 1. The zero-order chi connectivity index (χ0) is 19.3. The highest BCUT2D eigenvalue weighted by Crippen LogP contribution is 2.23. The molecule has 2 fully saturated rings. The summed E-state index contributed by atoms with van der Waals surface area (Å²) >= 11 is 0. The second-order valence-electron chi connectivity index (χ2n) is 7.78. The van der Waals surface area contributed by atoms with Crippen LogP contribution in [0, 0.1) is 5.92 Å². The van der Waals surface area contributed by atoms with Crippen LogP contribution in [-0.2, 0) is 22.8 Å². The van der Waals surface area contributed by atoms with Crippen LogP contribution in [0.25, 0.3) is 0 Å². The van der Waals surface area contributed by atoms with Crippen LogP contribution in [-0.4, -0.2) is 59.3 Å². The van der Waals surface area contributed by atoms with Crippen LogP contribution < -0.4 is 10.6 Å². The molecule has 1 aromatic rings. The van der Waals surface area contributed by atoms with E-state index in [0.29, 0.717) is 31.5 Å². The average Bonchev–Trinajstić information content (AvgIpc) is 3.22. The zero-order valence-corrected chi connectivity index (χ0v) is 17.2. The predicted octanol–water partition coefficient (Wildman–Crippen LogP) is 1.14. The summed E-state index contributed by atoms with van der Waals surface area (Å²) in [5.74, 6) is 2.75. The molecule has 1 aliphatic carbocycles. The fraction of sp³-hybridized carbons (Fsp3) is 0.833. The van der Waals surface area contributed by atoms with Crippen molar-refractivity contribution in [3.8, 4) is 0 Å².